The predicted molar refractivity (Wildman–Crippen MR) is 104 cm³/mol. The van der Waals surface area contributed by atoms with Gasteiger partial charge in [0, 0.05) is 6.54 Å². The summed E-state index contributed by atoms with van der Waals surface area (Å²) in [7, 11) is 0. The molecule has 0 bridgehead atoms. The Morgan fingerprint density at radius 3 is 2.64 bits per heavy atom. The largest absolute Gasteiger partial charge is 0.465 e. The molecule has 2 heterocycles. The second-order valence-electron chi connectivity index (χ2n) is 5.59. The number of thiocarbonyl (C=S) groups is 1. The monoisotopic (exact) mass is 402 g/mol. The van der Waals surface area contributed by atoms with Gasteiger partial charge >= 0.3 is 5.97 Å². The molecule has 2 saturated heterocycles. The number of esters is 1. The normalized spacial score (nSPS) is 20.8. The van der Waals surface area contributed by atoms with Gasteiger partial charge in [0.2, 0.25) is 5.91 Å². The first-order chi connectivity index (χ1) is 12.0. The molecule has 0 unspecified atom stereocenters. The van der Waals surface area contributed by atoms with Gasteiger partial charge in [-0.3, -0.25) is 24.2 Å². The molecule has 25 heavy (non-hydrogen) atoms. The van der Waals surface area contributed by atoms with Gasteiger partial charge in [-0.1, -0.05) is 61.9 Å². The number of nitrogens with zero attached hydrogens (tertiary/aromatic N) is 2. The molecule has 0 aromatic heterocycles. The summed E-state index contributed by atoms with van der Waals surface area (Å²) in [6.45, 7) is 4.52. The third-order valence-corrected chi connectivity index (χ3v) is 6.41. The Morgan fingerprint density at radius 2 is 1.96 bits per heavy atom. The Labute approximate surface area is 161 Å². The Balaban J connectivity index is 2.11. The van der Waals surface area contributed by atoms with Gasteiger partial charge in [0.1, 0.15) is 15.8 Å². The van der Waals surface area contributed by atoms with Crippen molar-refractivity contribution >= 4 is 57.8 Å². The van der Waals surface area contributed by atoms with Crippen LogP contribution in [0.1, 0.15) is 39.5 Å². The van der Waals surface area contributed by atoms with Gasteiger partial charge in [0.25, 0.3) is 5.91 Å². The van der Waals surface area contributed by atoms with E-state index in [0.29, 0.717) is 20.8 Å². The molecule has 2 rings (SSSR count). The third-order valence-electron chi connectivity index (χ3n) is 3.75. The van der Waals surface area contributed by atoms with Crippen molar-refractivity contribution in [2.75, 3.05) is 25.4 Å². The number of thioether (sulfide) groups is 2. The van der Waals surface area contributed by atoms with Gasteiger partial charge in [-0.05, 0) is 13.3 Å². The molecule has 2 fully saturated rings. The summed E-state index contributed by atoms with van der Waals surface area (Å²) in [5, 5.41) is 0.520. The minimum Gasteiger partial charge on any atom is -0.465 e. The van der Waals surface area contributed by atoms with Crippen LogP contribution in [0.4, 0.5) is 0 Å². The maximum atomic E-state index is 12.7. The van der Waals surface area contributed by atoms with Crippen LogP contribution < -0.4 is 0 Å². The summed E-state index contributed by atoms with van der Waals surface area (Å²) >= 11 is 7.82. The topological polar surface area (TPSA) is 66.9 Å². The summed E-state index contributed by atoms with van der Waals surface area (Å²) in [4.78, 5) is 39.9. The highest BCUT2D eigenvalue weighted by molar-refractivity contribution is 8.27. The molecule has 6 nitrogen and oxygen atoms in total. The Kier molecular flexibility index (Phi) is 7.77. The van der Waals surface area contributed by atoms with Crippen LogP contribution in [0.5, 0.6) is 0 Å². The lowest BCUT2D eigenvalue weighted by atomic mass is 10.2. The highest BCUT2D eigenvalue weighted by Crippen LogP contribution is 2.41. The smallest absolute Gasteiger partial charge is 0.326 e. The molecular formula is C16H22N2O4S3. The lowest BCUT2D eigenvalue weighted by Crippen LogP contribution is -2.33. The number of ether oxygens (including phenoxy) is 1. The van der Waals surface area contributed by atoms with Crippen molar-refractivity contribution in [2.24, 2.45) is 0 Å². The van der Waals surface area contributed by atoms with Gasteiger partial charge in [-0.25, -0.2) is 0 Å². The van der Waals surface area contributed by atoms with E-state index in [1.165, 1.54) is 28.4 Å². The number of rotatable bonds is 8. The molecule has 0 aliphatic carbocycles. The van der Waals surface area contributed by atoms with Gasteiger partial charge < -0.3 is 4.74 Å². The zero-order valence-electron chi connectivity index (χ0n) is 14.4. The van der Waals surface area contributed by atoms with E-state index < -0.39 is 5.97 Å². The minimum atomic E-state index is -0.481. The molecule has 138 valence electrons. The van der Waals surface area contributed by atoms with E-state index in [-0.39, 0.29) is 30.7 Å². The van der Waals surface area contributed by atoms with E-state index in [1.807, 2.05) is 0 Å². The lowest BCUT2D eigenvalue weighted by molar-refractivity contribution is -0.146. The fraction of sp³-hybridized carbons (Fsp3) is 0.625. The number of hydrogen-bond acceptors (Lipinski definition) is 7. The van der Waals surface area contributed by atoms with E-state index in [0.717, 1.165) is 25.7 Å². The van der Waals surface area contributed by atoms with Crippen molar-refractivity contribution in [1.82, 2.24) is 9.80 Å². The Hall–Kier alpha value is -1.06. The minimum absolute atomic E-state index is 0.169. The number of carbonyl (C=O) groups excluding carboxylic acids is 3. The molecule has 0 aromatic carbocycles. The average Bonchev–Trinajstić information content (AvgIpc) is 3.05. The summed E-state index contributed by atoms with van der Waals surface area (Å²) in [5.41, 5.74) is 0. The zero-order valence-corrected chi connectivity index (χ0v) is 16.9. The molecule has 0 spiro atoms. The number of carbonyl (C=O) groups is 3. The highest BCUT2D eigenvalue weighted by Gasteiger charge is 2.40. The summed E-state index contributed by atoms with van der Waals surface area (Å²) in [5.74, 6) is -0.625. The van der Waals surface area contributed by atoms with Crippen LogP contribution in [0.2, 0.25) is 0 Å². The molecule has 2 amide bonds. The van der Waals surface area contributed by atoms with Crippen LogP contribution in [0, 0.1) is 0 Å². The van der Waals surface area contributed by atoms with Crippen molar-refractivity contribution < 1.29 is 19.1 Å². The van der Waals surface area contributed by atoms with Crippen molar-refractivity contribution in [1.29, 1.82) is 0 Å². The first-order valence-corrected chi connectivity index (χ1v) is 10.6. The maximum absolute atomic E-state index is 12.7. The van der Waals surface area contributed by atoms with Gasteiger partial charge in [-0.2, -0.15) is 0 Å². The molecule has 2 aliphatic rings. The second kappa shape index (κ2) is 9.59. The van der Waals surface area contributed by atoms with Crippen LogP contribution in [0.3, 0.4) is 0 Å². The summed E-state index contributed by atoms with van der Waals surface area (Å²) in [6, 6.07) is 0. The van der Waals surface area contributed by atoms with Crippen molar-refractivity contribution in [3.05, 3.63) is 9.93 Å². The fourth-order valence-electron chi connectivity index (χ4n) is 2.50. The van der Waals surface area contributed by atoms with Gasteiger partial charge in [0.05, 0.1) is 17.4 Å². The van der Waals surface area contributed by atoms with Crippen LogP contribution in [-0.2, 0) is 19.1 Å². The second-order valence-corrected chi connectivity index (χ2v) is 8.20. The SMILES string of the molecule is CCCCCCN1C(=O)/C(=C2\SCC(=O)N2CC(=O)OCC)SC1=S. The predicted octanol–water partition coefficient (Wildman–Crippen LogP) is 2.73. The quantitative estimate of drug-likeness (QED) is 0.268. The first-order valence-electron chi connectivity index (χ1n) is 8.36. The summed E-state index contributed by atoms with van der Waals surface area (Å²) in [6.07, 6.45) is 4.22. The van der Waals surface area contributed by atoms with Crippen LogP contribution in [0.15, 0.2) is 9.93 Å². The van der Waals surface area contributed by atoms with E-state index in [2.05, 4.69) is 6.92 Å². The Bertz CT molecular complexity index is 606. The summed E-state index contributed by atoms with van der Waals surface area (Å²) < 4.78 is 5.43. The van der Waals surface area contributed by atoms with E-state index in [9.17, 15) is 14.4 Å². The molecule has 0 radical (unpaired) electrons. The van der Waals surface area contributed by atoms with Crippen LogP contribution in [0.25, 0.3) is 0 Å². The maximum Gasteiger partial charge on any atom is 0.326 e. The van der Waals surface area contributed by atoms with Crippen molar-refractivity contribution in [2.45, 2.75) is 39.5 Å². The van der Waals surface area contributed by atoms with E-state index >= 15 is 0 Å². The number of amides is 2. The standard InChI is InChI=1S/C16H22N2O4S3/c1-3-5-6-7-8-17-14(21)13(25-16(17)23)15-18(11(19)10-24-15)9-12(20)22-4-2/h3-10H2,1-2H3/b15-13+. The van der Waals surface area contributed by atoms with E-state index in [4.69, 9.17) is 17.0 Å². The highest BCUT2D eigenvalue weighted by atomic mass is 32.2. The van der Waals surface area contributed by atoms with Crippen molar-refractivity contribution in [3.8, 4) is 0 Å². The molecule has 2 aliphatic heterocycles. The van der Waals surface area contributed by atoms with E-state index in [1.54, 1.807) is 11.8 Å². The molecule has 0 saturated carbocycles. The molecule has 0 atom stereocenters. The molecule has 0 N–H and O–H groups in total. The molecular weight excluding hydrogens is 380 g/mol. The zero-order chi connectivity index (χ0) is 18.4. The fourth-order valence-corrected chi connectivity index (χ4v) is 5.04. The van der Waals surface area contributed by atoms with Crippen LogP contribution in [-0.4, -0.2) is 57.4 Å². The molecule has 9 heteroatoms. The average molecular weight is 403 g/mol. The molecule has 0 aromatic rings. The van der Waals surface area contributed by atoms with Crippen molar-refractivity contribution in [3.63, 3.8) is 0 Å². The third kappa shape index (κ3) is 4.98. The van der Waals surface area contributed by atoms with Crippen LogP contribution >= 0.6 is 35.7 Å². The number of unbranched alkanes of at least 4 members (excludes halogenated alkanes) is 3. The lowest BCUT2D eigenvalue weighted by Gasteiger charge is -2.17. The first kappa shape index (κ1) is 20.3. The van der Waals surface area contributed by atoms with Gasteiger partial charge in [-0.15, -0.1) is 0 Å². The number of hydrogen-bond donors (Lipinski definition) is 0. The Morgan fingerprint density at radius 1 is 1.20 bits per heavy atom. The van der Waals surface area contributed by atoms with Gasteiger partial charge in [0.15, 0.2) is 0 Å².